The summed E-state index contributed by atoms with van der Waals surface area (Å²) in [7, 11) is 1.13. The van der Waals surface area contributed by atoms with E-state index in [2.05, 4.69) is 0 Å². The fourth-order valence-corrected chi connectivity index (χ4v) is 0.824. The summed E-state index contributed by atoms with van der Waals surface area (Å²) in [6, 6.07) is 8.04. The van der Waals surface area contributed by atoms with Crippen molar-refractivity contribution in [3.05, 3.63) is 30.3 Å². The summed E-state index contributed by atoms with van der Waals surface area (Å²) in [6.07, 6.45) is -1.55. The lowest BCUT2D eigenvalue weighted by molar-refractivity contribution is -0.286. The number of quaternary nitrogens is 1. The van der Waals surface area contributed by atoms with Gasteiger partial charge in [0.25, 0.3) is 6.09 Å². The molecule has 1 rings (SSSR count). The van der Waals surface area contributed by atoms with E-state index in [1.54, 1.807) is 18.2 Å². The van der Waals surface area contributed by atoms with Gasteiger partial charge in [0, 0.05) is 12.1 Å². The smallest absolute Gasteiger partial charge is 0.297 e. The number of nitrogens with zero attached hydrogens (tertiary/aromatic N) is 1. The number of carboxylic acid groups (broad SMARTS) is 1. The Balaban J connectivity index is 3.06. The van der Waals surface area contributed by atoms with Crippen molar-refractivity contribution in [1.29, 1.82) is 0 Å². The second-order valence-electron chi connectivity index (χ2n) is 2.56. The van der Waals surface area contributed by atoms with E-state index in [0.717, 1.165) is 7.05 Å². The van der Waals surface area contributed by atoms with E-state index in [-0.39, 0.29) is 5.69 Å². The number of carbonyl (C=O) groups is 1. The van der Waals surface area contributed by atoms with Crippen LogP contribution in [0.25, 0.3) is 0 Å². The van der Waals surface area contributed by atoms with Gasteiger partial charge in [0.15, 0.2) is 5.69 Å². The van der Waals surface area contributed by atoms with Gasteiger partial charge in [0.1, 0.15) is 7.05 Å². The zero-order chi connectivity index (χ0) is 9.19. The predicted molar refractivity (Wildman–Crippen MR) is 41.3 cm³/mol. The molecule has 0 fully saturated rings. The fourth-order valence-electron chi connectivity index (χ4n) is 0.824. The topological polar surface area (TPSA) is 60.4 Å². The Morgan fingerprint density at radius 2 is 1.92 bits per heavy atom. The molecule has 4 heteroatoms. The molecule has 1 N–H and O–H groups in total. The average Bonchev–Trinajstić information content (AvgIpc) is 2.06. The third-order valence-electron chi connectivity index (χ3n) is 1.61. The molecule has 0 aromatic heterocycles. The Bertz CT molecular complexity index is 282. The van der Waals surface area contributed by atoms with Gasteiger partial charge in [-0.3, -0.25) is 0 Å². The standard InChI is InChI=1S/C8H9NO3/c1-9(12,8(10)11)7-5-3-2-4-6-7/h2-6,12H,1H3. The molecule has 64 valence electrons. The Kier molecular flexibility index (Phi) is 2.12. The van der Waals surface area contributed by atoms with Crippen LogP contribution in [-0.2, 0) is 0 Å². The molecule has 1 amide bonds. The van der Waals surface area contributed by atoms with Crippen LogP contribution in [0.1, 0.15) is 0 Å². The maximum atomic E-state index is 10.4. The van der Waals surface area contributed by atoms with E-state index >= 15 is 0 Å². The van der Waals surface area contributed by atoms with E-state index in [1.807, 2.05) is 0 Å². The Morgan fingerprint density at radius 1 is 1.42 bits per heavy atom. The molecule has 0 saturated heterocycles. The van der Waals surface area contributed by atoms with Crippen LogP contribution in [0.2, 0.25) is 0 Å². The van der Waals surface area contributed by atoms with Gasteiger partial charge in [-0.1, -0.05) is 18.2 Å². The first-order chi connectivity index (χ1) is 5.55. The fraction of sp³-hybridized carbons (Fsp3) is 0.125. The van der Waals surface area contributed by atoms with Gasteiger partial charge in [-0.15, -0.1) is 4.65 Å². The minimum Gasteiger partial charge on any atom is -0.496 e. The van der Waals surface area contributed by atoms with E-state index < -0.39 is 10.7 Å². The quantitative estimate of drug-likeness (QED) is 0.373. The summed E-state index contributed by atoms with van der Waals surface area (Å²) < 4.78 is -1.25. The van der Waals surface area contributed by atoms with Gasteiger partial charge in [-0.2, -0.15) is 0 Å². The monoisotopic (exact) mass is 167 g/mol. The van der Waals surface area contributed by atoms with Gasteiger partial charge in [0.05, 0.1) is 0 Å². The number of hydroxylamine groups is 2. The number of rotatable bonds is 1. The maximum absolute atomic E-state index is 10.4. The Hall–Kier alpha value is -1.39. The number of para-hydroxylation sites is 1. The molecule has 0 aliphatic carbocycles. The molecule has 0 heterocycles. The van der Waals surface area contributed by atoms with Crippen molar-refractivity contribution >= 4 is 11.8 Å². The summed E-state index contributed by atoms with van der Waals surface area (Å²) in [5.41, 5.74) is 0.262. The van der Waals surface area contributed by atoms with Crippen LogP contribution in [0.5, 0.6) is 0 Å². The van der Waals surface area contributed by atoms with Crippen LogP contribution in [0.3, 0.4) is 0 Å². The van der Waals surface area contributed by atoms with E-state index in [0.29, 0.717) is 0 Å². The first-order valence-electron chi connectivity index (χ1n) is 3.41. The number of amides is 1. The highest BCUT2D eigenvalue weighted by Crippen LogP contribution is 2.16. The van der Waals surface area contributed by atoms with Gasteiger partial charge in [-0.05, 0) is 0 Å². The van der Waals surface area contributed by atoms with Crippen molar-refractivity contribution in [1.82, 2.24) is 4.65 Å². The van der Waals surface area contributed by atoms with Crippen molar-refractivity contribution in [3.8, 4) is 0 Å². The summed E-state index contributed by atoms with van der Waals surface area (Å²) in [4.78, 5) is 10.4. The minimum atomic E-state index is -1.55. The van der Waals surface area contributed by atoms with Crippen molar-refractivity contribution < 1.29 is 15.1 Å². The highest BCUT2D eigenvalue weighted by atomic mass is 16.6. The lowest BCUT2D eigenvalue weighted by Gasteiger charge is -2.23. The summed E-state index contributed by atoms with van der Waals surface area (Å²) in [5, 5.41) is 19.8. The highest BCUT2D eigenvalue weighted by Gasteiger charge is 2.24. The molecular formula is C8H9NO3. The molecule has 1 aromatic carbocycles. The second-order valence-corrected chi connectivity index (χ2v) is 2.56. The Labute approximate surface area is 69.8 Å². The molecule has 4 nitrogen and oxygen atoms in total. The Morgan fingerprint density at radius 3 is 2.33 bits per heavy atom. The molecule has 12 heavy (non-hydrogen) atoms. The first kappa shape index (κ1) is 8.70. The molecule has 0 aliphatic heterocycles. The van der Waals surface area contributed by atoms with E-state index in [1.165, 1.54) is 12.1 Å². The molecule has 0 radical (unpaired) electrons. The molecular weight excluding hydrogens is 158 g/mol. The summed E-state index contributed by atoms with van der Waals surface area (Å²) >= 11 is 0. The first-order valence-corrected chi connectivity index (χ1v) is 3.41. The van der Waals surface area contributed by atoms with Crippen LogP contribution in [0.4, 0.5) is 10.5 Å². The molecule has 0 saturated carbocycles. The van der Waals surface area contributed by atoms with E-state index in [4.69, 9.17) is 0 Å². The van der Waals surface area contributed by atoms with Crippen LogP contribution in [0.15, 0.2) is 30.3 Å². The van der Waals surface area contributed by atoms with Crippen molar-refractivity contribution in [2.45, 2.75) is 0 Å². The lowest BCUT2D eigenvalue weighted by Crippen LogP contribution is -2.54. The maximum Gasteiger partial charge on any atom is 0.297 e. The minimum absolute atomic E-state index is 0.262. The largest absolute Gasteiger partial charge is 0.496 e. The van der Waals surface area contributed by atoms with Gasteiger partial charge < -0.3 is 9.90 Å². The third kappa shape index (κ3) is 1.44. The predicted octanol–water partition coefficient (Wildman–Crippen LogP) is 0.356. The van der Waals surface area contributed by atoms with Gasteiger partial charge in [-0.25, -0.2) is 5.21 Å². The molecule has 0 spiro atoms. The number of benzene rings is 1. The number of carbonyl (C=O) groups excluding carboxylic acids is 1. The molecule has 1 unspecified atom stereocenters. The van der Waals surface area contributed by atoms with Crippen LogP contribution < -0.4 is 9.75 Å². The zero-order valence-electron chi connectivity index (χ0n) is 6.60. The van der Waals surface area contributed by atoms with Crippen LogP contribution in [-0.4, -0.2) is 18.3 Å². The molecule has 0 bridgehead atoms. The van der Waals surface area contributed by atoms with Gasteiger partial charge >= 0.3 is 0 Å². The van der Waals surface area contributed by atoms with Crippen LogP contribution >= 0.6 is 0 Å². The molecule has 0 aliphatic rings. The lowest BCUT2D eigenvalue weighted by atomic mass is 10.3. The van der Waals surface area contributed by atoms with E-state index in [9.17, 15) is 15.1 Å². The molecule has 1 atom stereocenters. The number of hydrogen-bond donors (Lipinski definition) is 1. The normalized spacial score (nSPS) is 15.2. The zero-order valence-corrected chi connectivity index (χ0v) is 6.60. The highest BCUT2D eigenvalue weighted by molar-refractivity contribution is 5.75. The van der Waals surface area contributed by atoms with Crippen LogP contribution in [0, 0.1) is 0 Å². The summed E-state index contributed by atoms with van der Waals surface area (Å²) in [6.45, 7) is 0. The average molecular weight is 167 g/mol. The van der Waals surface area contributed by atoms with Crippen molar-refractivity contribution in [3.63, 3.8) is 0 Å². The molecule has 1 aromatic rings. The second kappa shape index (κ2) is 2.92. The third-order valence-corrected chi connectivity index (χ3v) is 1.61. The number of hydrogen-bond acceptors (Lipinski definition) is 3. The van der Waals surface area contributed by atoms with Gasteiger partial charge in [0.2, 0.25) is 0 Å². The van der Waals surface area contributed by atoms with Crippen molar-refractivity contribution in [2.75, 3.05) is 7.05 Å². The summed E-state index contributed by atoms with van der Waals surface area (Å²) in [5.74, 6) is 0. The van der Waals surface area contributed by atoms with Crippen molar-refractivity contribution in [2.24, 2.45) is 0 Å². The SMILES string of the molecule is C[N+](O)(C(=O)[O-])c1ccccc1.